The van der Waals surface area contributed by atoms with Gasteiger partial charge in [-0.15, -0.1) is 0 Å². The highest BCUT2D eigenvalue weighted by atomic mass is 35.5. The molecule has 1 aliphatic heterocycles. The largest absolute Gasteiger partial charge is 0.493 e. The van der Waals surface area contributed by atoms with E-state index in [0.717, 1.165) is 12.0 Å². The molecule has 108 valence electrons. The van der Waals surface area contributed by atoms with Crippen molar-refractivity contribution in [3.63, 3.8) is 0 Å². The van der Waals surface area contributed by atoms with Crippen molar-refractivity contribution in [2.45, 2.75) is 12.8 Å². The molecule has 0 aromatic heterocycles. The van der Waals surface area contributed by atoms with E-state index in [-0.39, 0.29) is 17.8 Å². The van der Waals surface area contributed by atoms with E-state index in [1.54, 1.807) is 6.07 Å². The van der Waals surface area contributed by atoms with Gasteiger partial charge in [-0.1, -0.05) is 23.2 Å². The molecule has 0 unspecified atom stereocenters. The first kappa shape index (κ1) is 14.4. The van der Waals surface area contributed by atoms with Gasteiger partial charge in [0.15, 0.2) is 5.78 Å². The number of ether oxygens (including phenoxy) is 1. The maximum absolute atomic E-state index is 13.7. The number of hydrogen-bond acceptors (Lipinski definition) is 2. The van der Waals surface area contributed by atoms with Crippen molar-refractivity contribution in [2.75, 3.05) is 6.61 Å². The van der Waals surface area contributed by atoms with Crippen LogP contribution >= 0.6 is 23.2 Å². The first-order valence-corrected chi connectivity index (χ1v) is 7.22. The Labute approximate surface area is 131 Å². The molecule has 0 saturated heterocycles. The molecule has 1 heterocycles. The SMILES string of the molecule is O=C(Cc1cc(Cl)cc2c1OCC2)c1cc(Cl)ccc1F. The minimum atomic E-state index is -0.580. The van der Waals surface area contributed by atoms with Crippen LogP contribution in [0.2, 0.25) is 10.0 Å². The van der Waals surface area contributed by atoms with Gasteiger partial charge in [0.05, 0.1) is 12.2 Å². The number of carbonyl (C=O) groups excluding carboxylic acids is 1. The van der Waals surface area contributed by atoms with E-state index in [1.165, 1.54) is 18.2 Å². The zero-order chi connectivity index (χ0) is 15.0. The zero-order valence-electron chi connectivity index (χ0n) is 11.0. The van der Waals surface area contributed by atoms with Crippen molar-refractivity contribution in [1.29, 1.82) is 0 Å². The summed E-state index contributed by atoms with van der Waals surface area (Å²) in [4.78, 5) is 12.3. The number of Topliss-reactive ketones (excluding diaryl/α,β-unsaturated/α-hetero) is 1. The second-order valence-corrected chi connectivity index (χ2v) is 5.75. The standard InChI is InChI=1S/C16H11Cl2FO2/c17-11-1-2-14(19)13(8-11)15(20)7-10-6-12(18)5-9-3-4-21-16(9)10/h1-2,5-6,8H,3-4,7H2. The maximum Gasteiger partial charge on any atom is 0.170 e. The predicted octanol–water partition coefficient (Wildman–Crippen LogP) is 4.49. The molecule has 21 heavy (non-hydrogen) atoms. The molecule has 0 N–H and O–H groups in total. The van der Waals surface area contributed by atoms with Crippen molar-refractivity contribution in [2.24, 2.45) is 0 Å². The normalized spacial score (nSPS) is 12.9. The van der Waals surface area contributed by atoms with Gasteiger partial charge in [-0.2, -0.15) is 0 Å². The molecule has 0 fully saturated rings. The summed E-state index contributed by atoms with van der Waals surface area (Å²) in [5.74, 6) is -0.242. The van der Waals surface area contributed by atoms with Gasteiger partial charge in [0.25, 0.3) is 0 Å². The number of carbonyl (C=O) groups is 1. The van der Waals surface area contributed by atoms with Gasteiger partial charge in [-0.3, -0.25) is 4.79 Å². The van der Waals surface area contributed by atoms with Crippen LogP contribution in [-0.4, -0.2) is 12.4 Å². The quantitative estimate of drug-likeness (QED) is 0.777. The van der Waals surface area contributed by atoms with Crippen molar-refractivity contribution >= 4 is 29.0 Å². The molecular weight excluding hydrogens is 314 g/mol. The van der Waals surface area contributed by atoms with Gasteiger partial charge in [0.2, 0.25) is 0 Å². The summed E-state index contributed by atoms with van der Waals surface area (Å²) in [6, 6.07) is 7.46. The van der Waals surface area contributed by atoms with Gasteiger partial charge in [-0.25, -0.2) is 4.39 Å². The second kappa shape index (κ2) is 5.66. The Morgan fingerprint density at radius 2 is 2.00 bits per heavy atom. The third-order valence-corrected chi connectivity index (χ3v) is 3.86. The van der Waals surface area contributed by atoms with Crippen LogP contribution in [0.1, 0.15) is 21.5 Å². The summed E-state index contributed by atoms with van der Waals surface area (Å²) >= 11 is 11.9. The van der Waals surface area contributed by atoms with E-state index in [4.69, 9.17) is 27.9 Å². The van der Waals surface area contributed by atoms with Gasteiger partial charge in [-0.05, 0) is 35.9 Å². The van der Waals surface area contributed by atoms with Gasteiger partial charge >= 0.3 is 0 Å². The Hall–Kier alpha value is -1.58. The molecule has 1 aliphatic rings. The van der Waals surface area contributed by atoms with E-state index in [9.17, 15) is 9.18 Å². The van der Waals surface area contributed by atoms with E-state index in [0.29, 0.717) is 28.0 Å². The summed E-state index contributed by atoms with van der Waals surface area (Å²) in [5, 5.41) is 0.876. The number of halogens is 3. The predicted molar refractivity (Wildman–Crippen MR) is 80.1 cm³/mol. The molecule has 0 bridgehead atoms. The molecule has 0 spiro atoms. The summed E-state index contributed by atoms with van der Waals surface area (Å²) in [5.41, 5.74) is 1.64. The highest BCUT2D eigenvalue weighted by molar-refractivity contribution is 6.31. The van der Waals surface area contributed by atoms with E-state index in [1.807, 2.05) is 6.07 Å². The number of hydrogen-bond donors (Lipinski definition) is 0. The first-order valence-electron chi connectivity index (χ1n) is 6.47. The summed E-state index contributed by atoms with van der Waals surface area (Å²) in [7, 11) is 0. The van der Waals surface area contributed by atoms with Crippen LogP contribution in [0.15, 0.2) is 30.3 Å². The summed E-state index contributed by atoms with van der Waals surface area (Å²) < 4.78 is 19.3. The highest BCUT2D eigenvalue weighted by Crippen LogP contribution is 2.33. The van der Waals surface area contributed by atoms with Gasteiger partial charge < -0.3 is 4.74 Å². The van der Waals surface area contributed by atoms with Crippen LogP contribution in [0.4, 0.5) is 4.39 Å². The molecule has 0 amide bonds. The van der Waals surface area contributed by atoms with Crippen LogP contribution < -0.4 is 4.74 Å². The Kier molecular flexibility index (Phi) is 3.87. The lowest BCUT2D eigenvalue weighted by molar-refractivity contribution is 0.0988. The fraction of sp³-hybridized carbons (Fsp3) is 0.188. The average molecular weight is 325 g/mol. The minimum Gasteiger partial charge on any atom is -0.493 e. The molecule has 3 rings (SSSR count). The number of benzene rings is 2. The lowest BCUT2D eigenvalue weighted by Gasteiger charge is -2.09. The van der Waals surface area contributed by atoms with Gasteiger partial charge in [0, 0.05) is 28.5 Å². The lowest BCUT2D eigenvalue weighted by Crippen LogP contribution is -2.07. The molecule has 0 atom stereocenters. The minimum absolute atomic E-state index is 0.0192. The number of rotatable bonds is 3. The fourth-order valence-corrected chi connectivity index (χ4v) is 2.89. The van der Waals surface area contributed by atoms with Crippen molar-refractivity contribution < 1.29 is 13.9 Å². The Balaban J connectivity index is 1.94. The molecule has 2 aromatic rings. The molecule has 0 radical (unpaired) electrons. The Morgan fingerprint density at radius 3 is 2.81 bits per heavy atom. The van der Waals surface area contributed by atoms with Crippen molar-refractivity contribution in [3.05, 3.63) is 62.9 Å². The van der Waals surface area contributed by atoms with Crippen LogP contribution in [0.3, 0.4) is 0 Å². The average Bonchev–Trinajstić information content (AvgIpc) is 2.89. The van der Waals surface area contributed by atoms with E-state index < -0.39 is 5.82 Å². The summed E-state index contributed by atoms with van der Waals surface area (Å²) in [6.45, 7) is 0.572. The molecule has 2 nitrogen and oxygen atoms in total. The molecule has 0 aliphatic carbocycles. The van der Waals surface area contributed by atoms with Crippen LogP contribution in [-0.2, 0) is 12.8 Å². The van der Waals surface area contributed by atoms with E-state index >= 15 is 0 Å². The van der Waals surface area contributed by atoms with Crippen LogP contribution in [0.25, 0.3) is 0 Å². The lowest BCUT2D eigenvalue weighted by atomic mass is 9.99. The molecule has 2 aromatic carbocycles. The monoisotopic (exact) mass is 324 g/mol. The second-order valence-electron chi connectivity index (χ2n) is 4.88. The zero-order valence-corrected chi connectivity index (χ0v) is 12.5. The first-order chi connectivity index (χ1) is 10.0. The van der Waals surface area contributed by atoms with E-state index in [2.05, 4.69) is 0 Å². The number of ketones is 1. The van der Waals surface area contributed by atoms with Gasteiger partial charge in [0.1, 0.15) is 11.6 Å². The van der Waals surface area contributed by atoms with Crippen LogP contribution in [0, 0.1) is 5.82 Å². The van der Waals surface area contributed by atoms with Crippen LogP contribution in [0.5, 0.6) is 5.75 Å². The van der Waals surface area contributed by atoms with Crippen molar-refractivity contribution in [1.82, 2.24) is 0 Å². The highest BCUT2D eigenvalue weighted by Gasteiger charge is 2.21. The van der Waals surface area contributed by atoms with Crippen molar-refractivity contribution in [3.8, 4) is 5.75 Å². The maximum atomic E-state index is 13.7. The third-order valence-electron chi connectivity index (χ3n) is 3.41. The summed E-state index contributed by atoms with van der Waals surface area (Å²) in [6.07, 6.45) is 0.794. The number of fused-ring (bicyclic) bond motifs is 1. The molecule has 5 heteroatoms. The molecule has 0 saturated carbocycles. The molecular formula is C16H11Cl2FO2. The smallest absolute Gasteiger partial charge is 0.170 e. The Morgan fingerprint density at radius 1 is 1.19 bits per heavy atom. The fourth-order valence-electron chi connectivity index (χ4n) is 2.46. The topological polar surface area (TPSA) is 26.3 Å². The third kappa shape index (κ3) is 2.89. The Bertz CT molecular complexity index is 728.